The summed E-state index contributed by atoms with van der Waals surface area (Å²) in [6.45, 7) is 10.7. The van der Waals surface area contributed by atoms with E-state index in [1.165, 1.54) is 25.8 Å². The number of piperidine rings is 1. The summed E-state index contributed by atoms with van der Waals surface area (Å²) in [6, 6.07) is 0.783. The average Bonchev–Trinajstić information content (AvgIpc) is 2.03. The molecule has 0 aromatic heterocycles. The molecule has 13 heavy (non-hydrogen) atoms. The highest BCUT2D eigenvalue weighted by Gasteiger charge is 2.23. The minimum atomic E-state index is 0.783. The fraction of sp³-hybridized carbons (Fsp3) is 1.00. The van der Waals surface area contributed by atoms with Crippen molar-refractivity contribution in [2.75, 3.05) is 6.54 Å². The Kier molecular flexibility index (Phi) is 4.24. The monoisotopic (exact) mass is 183 g/mol. The smallest absolute Gasteiger partial charge is 0.00953 e. The third-order valence-corrected chi connectivity index (χ3v) is 3.23. The molecule has 1 N–H and O–H groups in total. The largest absolute Gasteiger partial charge is 0.314 e. The zero-order valence-corrected chi connectivity index (χ0v) is 9.64. The summed E-state index contributed by atoms with van der Waals surface area (Å²) in [4.78, 5) is 0. The average molecular weight is 183 g/mol. The van der Waals surface area contributed by atoms with E-state index in [0.29, 0.717) is 0 Å². The van der Waals surface area contributed by atoms with Gasteiger partial charge in [-0.05, 0) is 43.6 Å². The van der Waals surface area contributed by atoms with Crippen molar-refractivity contribution in [3.05, 3.63) is 0 Å². The highest BCUT2D eigenvalue weighted by atomic mass is 14.9. The number of rotatable bonds is 3. The van der Waals surface area contributed by atoms with Crippen molar-refractivity contribution < 1.29 is 0 Å². The molecular formula is C12H25N. The topological polar surface area (TPSA) is 12.0 Å². The molecule has 1 aliphatic rings. The van der Waals surface area contributed by atoms with Gasteiger partial charge in [-0.15, -0.1) is 0 Å². The van der Waals surface area contributed by atoms with Gasteiger partial charge >= 0.3 is 0 Å². The van der Waals surface area contributed by atoms with E-state index < -0.39 is 0 Å². The van der Waals surface area contributed by atoms with E-state index in [-0.39, 0.29) is 0 Å². The maximum Gasteiger partial charge on any atom is 0.00953 e. The first-order chi connectivity index (χ1) is 6.09. The summed E-state index contributed by atoms with van der Waals surface area (Å²) < 4.78 is 0. The van der Waals surface area contributed by atoms with Crippen LogP contribution in [0.5, 0.6) is 0 Å². The van der Waals surface area contributed by atoms with Gasteiger partial charge in [0.15, 0.2) is 0 Å². The third kappa shape index (κ3) is 3.68. The van der Waals surface area contributed by atoms with Crippen LogP contribution >= 0.6 is 0 Å². The Balaban J connectivity index is 2.32. The van der Waals surface area contributed by atoms with Crippen molar-refractivity contribution in [3.8, 4) is 0 Å². The Labute approximate surface area is 83.3 Å². The van der Waals surface area contributed by atoms with Gasteiger partial charge in [-0.2, -0.15) is 0 Å². The van der Waals surface area contributed by atoms with Crippen molar-refractivity contribution in [1.82, 2.24) is 5.32 Å². The van der Waals surface area contributed by atoms with Crippen LogP contribution in [0.3, 0.4) is 0 Å². The lowest BCUT2D eigenvalue weighted by Crippen LogP contribution is -2.42. The summed E-state index contributed by atoms with van der Waals surface area (Å²) in [5, 5.41) is 3.65. The van der Waals surface area contributed by atoms with Gasteiger partial charge in [-0.1, -0.05) is 27.7 Å². The molecule has 1 nitrogen and oxygen atoms in total. The quantitative estimate of drug-likeness (QED) is 0.709. The summed E-state index contributed by atoms with van der Waals surface area (Å²) in [6.07, 6.45) is 4.11. The van der Waals surface area contributed by atoms with Crippen LogP contribution in [0.2, 0.25) is 0 Å². The van der Waals surface area contributed by atoms with Crippen molar-refractivity contribution in [3.63, 3.8) is 0 Å². The second-order valence-corrected chi connectivity index (χ2v) is 5.30. The van der Waals surface area contributed by atoms with Gasteiger partial charge in [0.1, 0.15) is 0 Å². The second kappa shape index (κ2) is 4.99. The molecule has 1 aliphatic heterocycles. The maximum absolute atomic E-state index is 3.65. The zero-order valence-electron chi connectivity index (χ0n) is 9.64. The molecule has 0 aromatic rings. The van der Waals surface area contributed by atoms with E-state index in [1.54, 1.807) is 0 Å². The third-order valence-electron chi connectivity index (χ3n) is 3.23. The van der Waals surface area contributed by atoms with E-state index >= 15 is 0 Å². The Bertz CT molecular complexity index is 142. The Morgan fingerprint density at radius 2 is 2.00 bits per heavy atom. The molecule has 1 heterocycles. The summed E-state index contributed by atoms with van der Waals surface area (Å²) >= 11 is 0. The standard InChI is InChI=1S/C12H25N/c1-9(2)7-11(4)12-8-10(3)5-6-13-12/h9-13H,5-8H2,1-4H3. The second-order valence-electron chi connectivity index (χ2n) is 5.30. The fourth-order valence-electron chi connectivity index (χ4n) is 2.49. The molecule has 1 saturated heterocycles. The molecule has 1 fully saturated rings. The number of hydrogen-bond donors (Lipinski definition) is 1. The first-order valence-electron chi connectivity index (χ1n) is 5.83. The highest BCUT2D eigenvalue weighted by Crippen LogP contribution is 2.24. The molecule has 0 saturated carbocycles. The van der Waals surface area contributed by atoms with Crippen LogP contribution in [0.25, 0.3) is 0 Å². The van der Waals surface area contributed by atoms with Crippen LogP contribution in [0, 0.1) is 17.8 Å². The normalized spacial score (nSPS) is 32.1. The molecular weight excluding hydrogens is 158 g/mol. The van der Waals surface area contributed by atoms with Crippen LogP contribution < -0.4 is 5.32 Å². The van der Waals surface area contributed by atoms with Crippen LogP contribution in [-0.2, 0) is 0 Å². The summed E-state index contributed by atoms with van der Waals surface area (Å²) in [5.74, 6) is 2.62. The predicted octanol–water partition coefficient (Wildman–Crippen LogP) is 3.06. The fourth-order valence-corrected chi connectivity index (χ4v) is 2.49. The van der Waals surface area contributed by atoms with Gasteiger partial charge in [0.05, 0.1) is 0 Å². The molecule has 0 amide bonds. The molecule has 1 heteroatoms. The Morgan fingerprint density at radius 1 is 1.31 bits per heavy atom. The van der Waals surface area contributed by atoms with Gasteiger partial charge in [-0.25, -0.2) is 0 Å². The van der Waals surface area contributed by atoms with Crippen molar-refractivity contribution in [1.29, 1.82) is 0 Å². The Hall–Kier alpha value is -0.0400. The first kappa shape index (κ1) is 11.0. The van der Waals surface area contributed by atoms with Gasteiger partial charge in [0.2, 0.25) is 0 Å². The maximum atomic E-state index is 3.65. The minimum absolute atomic E-state index is 0.783. The van der Waals surface area contributed by atoms with Gasteiger partial charge in [0, 0.05) is 6.04 Å². The lowest BCUT2D eigenvalue weighted by molar-refractivity contribution is 0.236. The molecule has 0 spiro atoms. The van der Waals surface area contributed by atoms with E-state index in [4.69, 9.17) is 0 Å². The van der Waals surface area contributed by atoms with Crippen molar-refractivity contribution in [2.45, 2.75) is 53.0 Å². The number of nitrogens with one attached hydrogen (secondary N) is 1. The predicted molar refractivity (Wildman–Crippen MR) is 58.8 cm³/mol. The van der Waals surface area contributed by atoms with Crippen LogP contribution in [0.1, 0.15) is 47.0 Å². The Morgan fingerprint density at radius 3 is 2.54 bits per heavy atom. The molecule has 0 aliphatic carbocycles. The number of hydrogen-bond acceptors (Lipinski definition) is 1. The van der Waals surface area contributed by atoms with E-state index in [0.717, 1.165) is 23.8 Å². The SMILES string of the molecule is CC(C)CC(C)C1CC(C)CCN1. The molecule has 1 rings (SSSR count). The molecule has 0 radical (unpaired) electrons. The minimum Gasteiger partial charge on any atom is -0.314 e. The van der Waals surface area contributed by atoms with Gasteiger partial charge < -0.3 is 5.32 Å². The summed E-state index contributed by atoms with van der Waals surface area (Å²) in [7, 11) is 0. The lowest BCUT2D eigenvalue weighted by Gasteiger charge is -2.33. The van der Waals surface area contributed by atoms with E-state index in [1.807, 2.05) is 0 Å². The molecule has 0 aromatic carbocycles. The first-order valence-corrected chi connectivity index (χ1v) is 5.83. The van der Waals surface area contributed by atoms with Crippen LogP contribution in [-0.4, -0.2) is 12.6 Å². The highest BCUT2D eigenvalue weighted by molar-refractivity contribution is 4.80. The lowest BCUT2D eigenvalue weighted by atomic mass is 9.84. The van der Waals surface area contributed by atoms with E-state index in [2.05, 4.69) is 33.0 Å². The van der Waals surface area contributed by atoms with Crippen LogP contribution in [0.15, 0.2) is 0 Å². The van der Waals surface area contributed by atoms with E-state index in [9.17, 15) is 0 Å². The molecule has 3 unspecified atom stereocenters. The van der Waals surface area contributed by atoms with Gasteiger partial charge in [-0.3, -0.25) is 0 Å². The molecule has 0 bridgehead atoms. The zero-order chi connectivity index (χ0) is 9.84. The van der Waals surface area contributed by atoms with Crippen molar-refractivity contribution in [2.24, 2.45) is 17.8 Å². The van der Waals surface area contributed by atoms with Gasteiger partial charge in [0.25, 0.3) is 0 Å². The summed E-state index contributed by atoms with van der Waals surface area (Å²) in [5.41, 5.74) is 0. The molecule has 78 valence electrons. The van der Waals surface area contributed by atoms with Crippen LogP contribution in [0.4, 0.5) is 0 Å². The van der Waals surface area contributed by atoms with Crippen molar-refractivity contribution >= 4 is 0 Å². The molecule has 3 atom stereocenters.